The molecule has 0 aromatic heterocycles. The van der Waals surface area contributed by atoms with Gasteiger partial charge in [-0.05, 0) is 32.0 Å². The number of nitrogens with two attached hydrogens (primary N) is 1. The lowest BCUT2D eigenvalue weighted by molar-refractivity contribution is 0.0944. The second-order valence-electron chi connectivity index (χ2n) is 3.36. The molecule has 0 fully saturated rings. The minimum absolute atomic E-state index is 0.112. The summed E-state index contributed by atoms with van der Waals surface area (Å²) >= 11 is 3.30. The largest absolute Gasteiger partial charge is 0.398 e. The Hall–Kier alpha value is -1.03. The Kier molecular flexibility index (Phi) is 3.52. The van der Waals surface area contributed by atoms with Crippen molar-refractivity contribution in [1.82, 2.24) is 5.32 Å². The first kappa shape index (κ1) is 11.0. The monoisotopic (exact) mass is 256 g/mol. The lowest BCUT2D eigenvalue weighted by atomic mass is 10.1. The topological polar surface area (TPSA) is 55.1 Å². The van der Waals surface area contributed by atoms with Crippen LogP contribution in [-0.2, 0) is 0 Å². The van der Waals surface area contributed by atoms with E-state index in [1.807, 2.05) is 19.9 Å². The first-order valence-corrected chi connectivity index (χ1v) is 5.16. The molecule has 0 saturated heterocycles. The summed E-state index contributed by atoms with van der Waals surface area (Å²) in [5.74, 6) is -0.140. The highest BCUT2D eigenvalue weighted by Crippen LogP contribution is 2.18. The van der Waals surface area contributed by atoms with Crippen molar-refractivity contribution in [3.63, 3.8) is 0 Å². The maximum absolute atomic E-state index is 11.6. The molecule has 4 heteroatoms. The molecule has 0 aliphatic rings. The van der Waals surface area contributed by atoms with Gasteiger partial charge in [0, 0.05) is 16.2 Å². The SMILES string of the molecule is CC(C)NC(=O)c1cc(Br)ccc1N. The van der Waals surface area contributed by atoms with Gasteiger partial charge in [0.05, 0.1) is 5.56 Å². The highest BCUT2D eigenvalue weighted by molar-refractivity contribution is 9.10. The fourth-order valence-electron chi connectivity index (χ4n) is 1.07. The lowest BCUT2D eigenvalue weighted by Gasteiger charge is -2.10. The predicted octanol–water partition coefficient (Wildman–Crippen LogP) is 2.17. The zero-order valence-electron chi connectivity index (χ0n) is 8.17. The summed E-state index contributed by atoms with van der Waals surface area (Å²) in [6, 6.07) is 5.34. The average Bonchev–Trinajstić information content (AvgIpc) is 2.08. The molecule has 1 aromatic rings. The molecular formula is C10H13BrN2O. The van der Waals surface area contributed by atoms with Gasteiger partial charge in [-0.2, -0.15) is 0 Å². The highest BCUT2D eigenvalue weighted by Gasteiger charge is 2.10. The molecule has 0 aliphatic heterocycles. The number of carbonyl (C=O) groups is 1. The number of nitrogens with one attached hydrogen (secondary N) is 1. The number of benzene rings is 1. The Morgan fingerprint density at radius 3 is 2.71 bits per heavy atom. The highest BCUT2D eigenvalue weighted by atomic mass is 79.9. The van der Waals surface area contributed by atoms with Crippen LogP contribution in [0.15, 0.2) is 22.7 Å². The van der Waals surface area contributed by atoms with Crippen molar-refractivity contribution in [2.24, 2.45) is 0 Å². The van der Waals surface area contributed by atoms with Crippen LogP contribution in [0.1, 0.15) is 24.2 Å². The van der Waals surface area contributed by atoms with Crippen molar-refractivity contribution in [3.05, 3.63) is 28.2 Å². The number of hydrogen-bond acceptors (Lipinski definition) is 2. The normalized spacial score (nSPS) is 10.3. The molecule has 0 radical (unpaired) electrons. The van der Waals surface area contributed by atoms with E-state index in [9.17, 15) is 4.79 Å². The van der Waals surface area contributed by atoms with Crippen LogP contribution in [0.2, 0.25) is 0 Å². The molecule has 14 heavy (non-hydrogen) atoms. The van der Waals surface area contributed by atoms with Crippen LogP contribution in [-0.4, -0.2) is 11.9 Å². The number of halogens is 1. The molecule has 0 atom stereocenters. The molecule has 0 heterocycles. The maximum atomic E-state index is 11.6. The number of nitrogen functional groups attached to an aromatic ring is 1. The quantitative estimate of drug-likeness (QED) is 0.798. The maximum Gasteiger partial charge on any atom is 0.253 e. The third kappa shape index (κ3) is 2.73. The lowest BCUT2D eigenvalue weighted by Crippen LogP contribution is -2.30. The third-order valence-electron chi connectivity index (χ3n) is 1.68. The minimum Gasteiger partial charge on any atom is -0.398 e. The predicted molar refractivity (Wildman–Crippen MR) is 61.2 cm³/mol. The van der Waals surface area contributed by atoms with Crippen molar-refractivity contribution >= 4 is 27.5 Å². The number of anilines is 1. The first-order chi connectivity index (χ1) is 6.50. The van der Waals surface area contributed by atoms with Gasteiger partial charge in [0.1, 0.15) is 0 Å². The molecule has 3 nitrogen and oxygen atoms in total. The number of amides is 1. The van der Waals surface area contributed by atoms with Gasteiger partial charge in [0.2, 0.25) is 0 Å². The van der Waals surface area contributed by atoms with Gasteiger partial charge >= 0.3 is 0 Å². The van der Waals surface area contributed by atoms with Crippen LogP contribution in [0.3, 0.4) is 0 Å². The number of rotatable bonds is 2. The molecular weight excluding hydrogens is 244 g/mol. The number of hydrogen-bond donors (Lipinski definition) is 2. The van der Waals surface area contributed by atoms with Gasteiger partial charge in [-0.1, -0.05) is 15.9 Å². The van der Waals surface area contributed by atoms with Gasteiger partial charge in [-0.25, -0.2) is 0 Å². The summed E-state index contributed by atoms with van der Waals surface area (Å²) < 4.78 is 0.848. The molecule has 3 N–H and O–H groups in total. The van der Waals surface area contributed by atoms with Crippen LogP contribution in [0.5, 0.6) is 0 Å². The first-order valence-electron chi connectivity index (χ1n) is 4.36. The molecule has 1 amide bonds. The second-order valence-corrected chi connectivity index (χ2v) is 4.28. The zero-order valence-corrected chi connectivity index (χ0v) is 9.76. The van der Waals surface area contributed by atoms with Crippen molar-refractivity contribution in [2.75, 3.05) is 5.73 Å². The van der Waals surface area contributed by atoms with E-state index in [1.54, 1.807) is 12.1 Å². The van der Waals surface area contributed by atoms with Gasteiger partial charge < -0.3 is 11.1 Å². The van der Waals surface area contributed by atoms with Gasteiger partial charge in [0.25, 0.3) is 5.91 Å². The molecule has 76 valence electrons. The summed E-state index contributed by atoms with van der Waals surface area (Å²) in [6.45, 7) is 3.82. The summed E-state index contributed by atoms with van der Waals surface area (Å²) in [7, 11) is 0. The van der Waals surface area contributed by atoms with Crippen LogP contribution >= 0.6 is 15.9 Å². The van der Waals surface area contributed by atoms with Crippen LogP contribution < -0.4 is 11.1 Å². The molecule has 0 aliphatic carbocycles. The van der Waals surface area contributed by atoms with Crippen molar-refractivity contribution in [1.29, 1.82) is 0 Å². The van der Waals surface area contributed by atoms with Gasteiger partial charge in [0.15, 0.2) is 0 Å². The summed E-state index contributed by atoms with van der Waals surface area (Å²) in [5.41, 5.74) is 6.68. The Morgan fingerprint density at radius 1 is 1.50 bits per heavy atom. The van der Waals surface area contributed by atoms with E-state index in [4.69, 9.17) is 5.73 Å². The zero-order chi connectivity index (χ0) is 10.7. The molecule has 0 unspecified atom stereocenters. The fraction of sp³-hybridized carbons (Fsp3) is 0.300. The van der Waals surface area contributed by atoms with Crippen molar-refractivity contribution in [2.45, 2.75) is 19.9 Å². The molecule has 0 saturated carbocycles. The number of carbonyl (C=O) groups excluding carboxylic acids is 1. The summed E-state index contributed by atoms with van der Waals surface area (Å²) in [5, 5.41) is 2.79. The summed E-state index contributed by atoms with van der Waals surface area (Å²) in [6.07, 6.45) is 0. The van der Waals surface area contributed by atoms with Gasteiger partial charge in [-0.15, -0.1) is 0 Å². The molecule has 1 aromatic carbocycles. The minimum atomic E-state index is -0.140. The fourth-order valence-corrected chi connectivity index (χ4v) is 1.43. The van der Waals surface area contributed by atoms with E-state index >= 15 is 0 Å². The Bertz CT molecular complexity index is 350. The van der Waals surface area contributed by atoms with E-state index in [0.717, 1.165) is 4.47 Å². The standard InChI is InChI=1S/C10H13BrN2O/c1-6(2)13-10(14)8-5-7(11)3-4-9(8)12/h3-6H,12H2,1-2H3,(H,13,14). The molecule has 1 rings (SSSR count). The third-order valence-corrected chi connectivity index (χ3v) is 2.17. The molecule has 0 spiro atoms. The summed E-state index contributed by atoms with van der Waals surface area (Å²) in [4.78, 5) is 11.6. The van der Waals surface area contributed by atoms with E-state index in [0.29, 0.717) is 11.3 Å². The molecule has 0 bridgehead atoms. The van der Waals surface area contributed by atoms with E-state index in [1.165, 1.54) is 0 Å². The Balaban J connectivity index is 2.94. The van der Waals surface area contributed by atoms with E-state index in [2.05, 4.69) is 21.2 Å². The van der Waals surface area contributed by atoms with E-state index in [-0.39, 0.29) is 11.9 Å². The average molecular weight is 257 g/mol. The van der Waals surface area contributed by atoms with Crippen LogP contribution in [0.4, 0.5) is 5.69 Å². The smallest absolute Gasteiger partial charge is 0.253 e. The van der Waals surface area contributed by atoms with Crippen LogP contribution in [0, 0.1) is 0 Å². The Morgan fingerprint density at radius 2 is 2.14 bits per heavy atom. The van der Waals surface area contributed by atoms with Crippen molar-refractivity contribution in [3.8, 4) is 0 Å². The van der Waals surface area contributed by atoms with Crippen molar-refractivity contribution < 1.29 is 4.79 Å². The second kappa shape index (κ2) is 4.46. The Labute approximate surface area is 91.8 Å². The van der Waals surface area contributed by atoms with Crippen LogP contribution in [0.25, 0.3) is 0 Å². The van der Waals surface area contributed by atoms with E-state index < -0.39 is 0 Å². The van der Waals surface area contributed by atoms with Gasteiger partial charge in [-0.3, -0.25) is 4.79 Å².